The zero-order valence-corrected chi connectivity index (χ0v) is 12.5. The molecule has 1 amide bonds. The zero-order valence-electron chi connectivity index (χ0n) is 10.9. The van der Waals surface area contributed by atoms with Crippen LogP contribution in [-0.4, -0.2) is 36.0 Å². The van der Waals surface area contributed by atoms with Gasteiger partial charge in [0, 0.05) is 29.6 Å². The summed E-state index contributed by atoms with van der Waals surface area (Å²) in [6.07, 6.45) is 4.85. The number of nitrogens with zero attached hydrogens (tertiary/aromatic N) is 1. The van der Waals surface area contributed by atoms with Crippen LogP contribution in [0.1, 0.15) is 36.0 Å². The average Bonchev–Trinajstić information content (AvgIpc) is 2.46. The number of fused-ring (bicyclic) bond motifs is 1. The molecule has 0 bridgehead atoms. The van der Waals surface area contributed by atoms with Crippen molar-refractivity contribution < 1.29 is 4.79 Å². The lowest BCUT2D eigenvalue weighted by Gasteiger charge is -2.44. The third-order valence-electron chi connectivity index (χ3n) is 4.25. The van der Waals surface area contributed by atoms with E-state index in [1.807, 2.05) is 24.3 Å². The van der Waals surface area contributed by atoms with Crippen LogP contribution in [0.2, 0.25) is 0 Å². The van der Waals surface area contributed by atoms with E-state index in [1.165, 1.54) is 19.3 Å². The van der Waals surface area contributed by atoms with Gasteiger partial charge in [-0.25, -0.2) is 0 Å². The fourth-order valence-electron chi connectivity index (χ4n) is 3.30. The van der Waals surface area contributed by atoms with Crippen molar-refractivity contribution in [2.24, 2.45) is 0 Å². The van der Waals surface area contributed by atoms with Crippen molar-refractivity contribution in [3.63, 3.8) is 0 Å². The summed E-state index contributed by atoms with van der Waals surface area (Å²) in [5.41, 5.74) is 0.786. The summed E-state index contributed by atoms with van der Waals surface area (Å²) in [4.78, 5) is 14.8. The molecule has 1 aliphatic carbocycles. The maximum absolute atomic E-state index is 12.7. The van der Waals surface area contributed by atoms with E-state index >= 15 is 0 Å². The summed E-state index contributed by atoms with van der Waals surface area (Å²) in [5.74, 6) is 0.172. The second-order valence-corrected chi connectivity index (χ2v) is 6.25. The van der Waals surface area contributed by atoms with Crippen molar-refractivity contribution >= 4 is 21.8 Å². The maximum Gasteiger partial charge on any atom is 0.255 e. The molecule has 1 saturated carbocycles. The molecule has 1 aliphatic heterocycles. The highest BCUT2D eigenvalue weighted by Gasteiger charge is 2.36. The van der Waals surface area contributed by atoms with Gasteiger partial charge >= 0.3 is 0 Å². The van der Waals surface area contributed by atoms with Crippen molar-refractivity contribution in [3.05, 3.63) is 34.3 Å². The second kappa shape index (κ2) is 5.63. The number of piperazine rings is 1. The number of amides is 1. The standard InChI is InChI=1S/C15H19BrN2O/c16-12-6-2-1-5-11(12)15(19)18-10-9-17-13-7-3-4-8-14(13)18/h1-2,5-6,13-14,17H,3-4,7-10H2. The van der Waals surface area contributed by atoms with E-state index in [4.69, 9.17) is 0 Å². The Morgan fingerprint density at radius 3 is 2.89 bits per heavy atom. The molecular formula is C15H19BrN2O. The van der Waals surface area contributed by atoms with Gasteiger partial charge < -0.3 is 10.2 Å². The van der Waals surface area contributed by atoms with Crippen LogP contribution in [0.5, 0.6) is 0 Å². The van der Waals surface area contributed by atoms with E-state index in [0.29, 0.717) is 12.1 Å². The van der Waals surface area contributed by atoms with Crippen LogP contribution in [-0.2, 0) is 0 Å². The van der Waals surface area contributed by atoms with Crippen LogP contribution in [0.4, 0.5) is 0 Å². The lowest BCUT2D eigenvalue weighted by atomic mass is 9.87. The lowest BCUT2D eigenvalue weighted by Crippen LogP contribution is -2.60. The highest BCUT2D eigenvalue weighted by atomic mass is 79.9. The number of rotatable bonds is 1. The Hall–Kier alpha value is -0.870. The van der Waals surface area contributed by atoms with E-state index < -0.39 is 0 Å². The average molecular weight is 323 g/mol. The number of halogens is 1. The fourth-order valence-corrected chi connectivity index (χ4v) is 3.75. The Kier molecular flexibility index (Phi) is 3.89. The topological polar surface area (TPSA) is 32.3 Å². The van der Waals surface area contributed by atoms with E-state index in [1.54, 1.807) is 0 Å². The minimum Gasteiger partial charge on any atom is -0.333 e. The molecule has 3 rings (SSSR count). The second-order valence-electron chi connectivity index (χ2n) is 5.39. The third kappa shape index (κ3) is 2.56. The SMILES string of the molecule is O=C(c1ccccc1Br)N1CCNC2CCCCC21. The summed E-state index contributed by atoms with van der Waals surface area (Å²) < 4.78 is 0.894. The number of hydrogen-bond donors (Lipinski definition) is 1. The molecule has 0 aromatic heterocycles. The van der Waals surface area contributed by atoms with Crippen molar-refractivity contribution in [3.8, 4) is 0 Å². The summed E-state index contributed by atoms with van der Waals surface area (Å²) in [6, 6.07) is 8.59. The monoisotopic (exact) mass is 322 g/mol. The Balaban J connectivity index is 1.84. The molecule has 2 aliphatic rings. The van der Waals surface area contributed by atoms with Gasteiger partial charge in [-0.1, -0.05) is 25.0 Å². The summed E-state index contributed by atoms with van der Waals surface area (Å²) in [7, 11) is 0. The van der Waals surface area contributed by atoms with Gasteiger partial charge in [-0.15, -0.1) is 0 Å². The van der Waals surface area contributed by atoms with Crippen LogP contribution in [0.3, 0.4) is 0 Å². The minimum atomic E-state index is 0.172. The normalized spacial score (nSPS) is 26.9. The smallest absolute Gasteiger partial charge is 0.255 e. The van der Waals surface area contributed by atoms with Crippen molar-refractivity contribution in [1.82, 2.24) is 10.2 Å². The molecular weight excluding hydrogens is 304 g/mol. The Morgan fingerprint density at radius 1 is 1.26 bits per heavy atom. The molecule has 2 unspecified atom stereocenters. The summed E-state index contributed by atoms with van der Waals surface area (Å²) in [5, 5.41) is 3.57. The highest BCUT2D eigenvalue weighted by Crippen LogP contribution is 2.28. The first-order valence-corrected chi connectivity index (χ1v) is 7.85. The lowest BCUT2D eigenvalue weighted by molar-refractivity contribution is 0.0488. The van der Waals surface area contributed by atoms with Gasteiger partial charge in [-0.05, 0) is 40.9 Å². The van der Waals surface area contributed by atoms with Gasteiger partial charge in [0.1, 0.15) is 0 Å². The van der Waals surface area contributed by atoms with Crippen LogP contribution in [0.25, 0.3) is 0 Å². The minimum absolute atomic E-state index is 0.172. The predicted octanol–water partition coefficient (Wildman–Crippen LogP) is 2.81. The first-order valence-electron chi connectivity index (χ1n) is 7.06. The first kappa shape index (κ1) is 13.1. The van der Waals surface area contributed by atoms with E-state index in [-0.39, 0.29) is 5.91 Å². The van der Waals surface area contributed by atoms with E-state index in [0.717, 1.165) is 29.5 Å². The largest absolute Gasteiger partial charge is 0.333 e. The number of hydrogen-bond acceptors (Lipinski definition) is 2. The Labute approximate surface area is 122 Å². The molecule has 19 heavy (non-hydrogen) atoms. The molecule has 0 spiro atoms. The number of benzene rings is 1. The molecule has 102 valence electrons. The quantitative estimate of drug-likeness (QED) is 0.862. The highest BCUT2D eigenvalue weighted by molar-refractivity contribution is 9.10. The molecule has 2 atom stereocenters. The van der Waals surface area contributed by atoms with Gasteiger partial charge in [0.25, 0.3) is 5.91 Å². The van der Waals surface area contributed by atoms with Crippen molar-refractivity contribution in [1.29, 1.82) is 0 Å². The zero-order chi connectivity index (χ0) is 13.2. The predicted molar refractivity (Wildman–Crippen MR) is 79.2 cm³/mol. The van der Waals surface area contributed by atoms with Crippen LogP contribution >= 0.6 is 15.9 Å². The van der Waals surface area contributed by atoms with Crippen LogP contribution in [0.15, 0.2) is 28.7 Å². The molecule has 1 saturated heterocycles. The Morgan fingerprint density at radius 2 is 2.05 bits per heavy atom. The molecule has 2 fully saturated rings. The molecule has 1 heterocycles. The number of carbonyl (C=O) groups is 1. The van der Waals surface area contributed by atoms with Gasteiger partial charge in [0.05, 0.1) is 5.56 Å². The van der Waals surface area contributed by atoms with Crippen molar-refractivity contribution in [2.75, 3.05) is 13.1 Å². The maximum atomic E-state index is 12.7. The van der Waals surface area contributed by atoms with Gasteiger partial charge in [0.2, 0.25) is 0 Å². The number of carbonyl (C=O) groups excluding carboxylic acids is 1. The fraction of sp³-hybridized carbons (Fsp3) is 0.533. The number of nitrogens with one attached hydrogen (secondary N) is 1. The van der Waals surface area contributed by atoms with E-state index in [9.17, 15) is 4.79 Å². The molecule has 3 nitrogen and oxygen atoms in total. The van der Waals surface area contributed by atoms with Gasteiger partial charge in [0.15, 0.2) is 0 Å². The van der Waals surface area contributed by atoms with Gasteiger partial charge in [-0.2, -0.15) is 0 Å². The first-order chi connectivity index (χ1) is 9.27. The van der Waals surface area contributed by atoms with Crippen LogP contribution in [0, 0.1) is 0 Å². The van der Waals surface area contributed by atoms with Crippen LogP contribution < -0.4 is 5.32 Å². The van der Waals surface area contributed by atoms with Gasteiger partial charge in [-0.3, -0.25) is 4.79 Å². The summed E-state index contributed by atoms with van der Waals surface area (Å²) in [6.45, 7) is 1.73. The molecule has 1 N–H and O–H groups in total. The van der Waals surface area contributed by atoms with Crippen molar-refractivity contribution in [2.45, 2.75) is 37.8 Å². The molecule has 4 heteroatoms. The molecule has 0 radical (unpaired) electrons. The Bertz CT molecular complexity index is 475. The molecule has 1 aromatic carbocycles. The summed E-state index contributed by atoms with van der Waals surface area (Å²) >= 11 is 3.49. The third-order valence-corrected chi connectivity index (χ3v) is 4.95. The van der Waals surface area contributed by atoms with E-state index in [2.05, 4.69) is 26.1 Å². The molecule has 1 aromatic rings.